The maximum atomic E-state index is 13.1. The highest BCUT2D eigenvalue weighted by Crippen LogP contribution is 2.36. The Morgan fingerprint density at radius 3 is 2.48 bits per heavy atom. The number of benzene rings is 2. The number of hydrogen-bond donors (Lipinski definition) is 2. The molecule has 0 aliphatic carbocycles. The first-order valence-corrected chi connectivity index (χ1v) is 7.39. The molecule has 8 heteroatoms. The number of nitrogens with one attached hydrogen (secondary N) is 2. The normalized spacial score (nSPS) is 10.1. The van der Waals surface area contributed by atoms with Gasteiger partial charge in [-0.15, -0.1) is 0 Å². The lowest BCUT2D eigenvalue weighted by molar-refractivity contribution is 0.245. The molecule has 2 amide bonds. The van der Waals surface area contributed by atoms with Crippen molar-refractivity contribution in [3.63, 3.8) is 0 Å². The van der Waals surface area contributed by atoms with Crippen LogP contribution in [0.1, 0.15) is 0 Å². The summed E-state index contributed by atoms with van der Waals surface area (Å²) in [5, 5.41) is 4.93. The molecule has 134 valence electrons. The standard InChI is InChI=1S/C17H18F2N2O4/c1-23-14-4-3-5-15(16(14)24-2)25-9-8-20-17(22)21-11-6-7-12(18)13(19)10-11/h3-7,10H,8-9H2,1-2H3,(H2,20,21,22). The quantitative estimate of drug-likeness (QED) is 0.751. The van der Waals surface area contributed by atoms with Crippen molar-refractivity contribution in [1.29, 1.82) is 0 Å². The van der Waals surface area contributed by atoms with Gasteiger partial charge in [-0.25, -0.2) is 13.6 Å². The fourth-order valence-corrected chi connectivity index (χ4v) is 2.05. The summed E-state index contributed by atoms with van der Waals surface area (Å²) in [6.45, 7) is 0.366. The Kier molecular flexibility index (Phi) is 6.39. The lowest BCUT2D eigenvalue weighted by atomic mass is 10.3. The molecule has 0 heterocycles. The van der Waals surface area contributed by atoms with E-state index in [-0.39, 0.29) is 18.8 Å². The molecule has 0 unspecified atom stereocenters. The van der Waals surface area contributed by atoms with E-state index in [1.54, 1.807) is 18.2 Å². The van der Waals surface area contributed by atoms with E-state index in [0.717, 1.165) is 12.1 Å². The van der Waals surface area contributed by atoms with Crippen molar-refractivity contribution in [2.24, 2.45) is 0 Å². The van der Waals surface area contributed by atoms with Crippen LogP contribution in [-0.2, 0) is 0 Å². The number of carbonyl (C=O) groups is 1. The van der Waals surface area contributed by atoms with Gasteiger partial charge in [0.1, 0.15) is 6.61 Å². The zero-order chi connectivity index (χ0) is 18.2. The summed E-state index contributed by atoms with van der Waals surface area (Å²) in [6.07, 6.45) is 0. The third-order valence-electron chi connectivity index (χ3n) is 3.19. The molecule has 2 rings (SSSR count). The molecule has 0 fully saturated rings. The number of ether oxygens (including phenoxy) is 3. The van der Waals surface area contributed by atoms with E-state index >= 15 is 0 Å². The van der Waals surface area contributed by atoms with Gasteiger partial charge in [0.2, 0.25) is 5.75 Å². The fraction of sp³-hybridized carbons (Fsp3) is 0.235. The summed E-state index contributed by atoms with van der Waals surface area (Å²) in [7, 11) is 3.02. The molecule has 0 saturated heterocycles. The zero-order valence-electron chi connectivity index (χ0n) is 13.8. The minimum absolute atomic E-state index is 0.145. The van der Waals surface area contributed by atoms with Crippen molar-refractivity contribution in [3.05, 3.63) is 48.0 Å². The number of amides is 2. The molecule has 6 nitrogen and oxygen atoms in total. The molecule has 0 bridgehead atoms. The summed E-state index contributed by atoms with van der Waals surface area (Å²) in [5.41, 5.74) is 0.145. The Bertz CT molecular complexity index is 741. The lowest BCUT2D eigenvalue weighted by Gasteiger charge is -2.14. The van der Waals surface area contributed by atoms with Crippen molar-refractivity contribution >= 4 is 11.7 Å². The average Bonchev–Trinajstić information content (AvgIpc) is 2.61. The zero-order valence-corrected chi connectivity index (χ0v) is 13.8. The number of methoxy groups -OCH3 is 2. The number of para-hydroxylation sites is 1. The molecule has 0 radical (unpaired) electrons. The van der Waals surface area contributed by atoms with Crippen molar-refractivity contribution in [3.8, 4) is 17.2 Å². The topological polar surface area (TPSA) is 68.8 Å². The van der Waals surface area contributed by atoms with E-state index in [1.807, 2.05) is 0 Å². The number of anilines is 1. The van der Waals surface area contributed by atoms with Gasteiger partial charge in [0.25, 0.3) is 0 Å². The maximum absolute atomic E-state index is 13.1. The highest BCUT2D eigenvalue weighted by atomic mass is 19.2. The molecule has 2 aromatic carbocycles. The molecular formula is C17H18F2N2O4. The molecule has 0 spiro atoms. The Morgan fingerprint density at radius 1 is 1.04 bits per heavy atom. The largest absolute Gasteiger partial charge is 0.493 e. The number of urea groups is 1. The molecule has 0 atom stereocenters. The first-order valence-electron chi connectivity index (χ1n) is 7.39. The van der Waals surface area contributed by atoms with E-state index in [1.165, 1.54) is 20.3 Å². The lowest BCUT2D eigenvalue weighted by Crippen LogP contribution is -2.32. The SMILES string of the molecule is COc1cccc(OCCNC(=O)Nc2ccc(F)c(F)c2)c1OC. The van der Waals surface area contributed by atoms with E-state index in [0.29, 0.717) is 17.2 Å². The maximum Gasteiger partial charge on any atom is 0.319 e. The van der Waals surface area contributed by atoms with Crippen LogP contribution < -0.4 is 24.8 Å². The Balaban J connectivity index is 1.81. The van der Waals surface area contributed by atoms with Crippen molar-refractivity contribution in [2.75, 3.05) is 32.7 Å². The number of hydrogen-bond acceptors (Lipinski definition) is 4. The van der Waals surface area contributed by atoms with Gasteiger partial charge in [-0.3, -0.25) is 0 Å². The minimum atomic E-state index is -1.04. The first-order chi connectivity index (χ1) is 12.0. The average molecular weight is 352 g/mol. The molecule has 2 aromatic rings. The van der Waals surface area contributed by atoms with Gasteiger partial charge >= 0.3 is 6.03 Å². The monoisotopic (exact) mass is 352 g/mol. The summed E-state index contributed by atoms with van der Waals surface area (Å²) in [6, 6.07) is 7.72. The number of carbonyl (C=O) groups excluding carboxylic acids is 1. The predicted octanol–water partition coefficient (Wildman–Crippen LogP) is 3.18. The van der Waals surface area contributed by atoms with Crippen LogP contribution >= 0.6 is 0 Å². The molecule has 0 aromatic heterocycles. The fourth-order valence-electron chi connectivity index (χ4n) is 2.05. The highest BCUT2D eigenvalue weighted by molar-refractivity contribution is 5.89. The summed E-state index contributed by atoms with van der Waals surface area (Å²) in [4.78, 5) is 11.7. The van der Waals surface area contributed by atoms with Crippen LogP contribution in [0, 0.1) is 11.6 Å². The van der Waals surface area contributed by atoms with Gasteiger partial charge < -0.3 is 24.8 Å². The molecule has 0 saturated carbocycles. The summed E-state index contributed by atoms with van der Waals surface area (Å²) >= 11 is 0. The first kappa shape index (κ1) is 18.3. The van der Waals surface area contributed by atoms with E-state index in [9.17, 15) is 13.6 Å². The van der Waals surface area contributed by atoms with Crippen LogP contribution in [0.3, 0.4) is 0 Å². The van der Waals surface area contributed by atoms with Gasteiger partial charge in [0, 0.05) is 11.8 Å². The van der Waals surface area contributed by atoms with E-state index in [2.05, 4.69) is 10.6 Å². The molecule has 0 aliphatic rings. The van der Waals surface area contributed by atoms with Crippen LogP contribution in [0.2, 0.25) is 0 Å². The molecule has 25 heavy (non-hydrogen) atoms. The van der Waals surface area contributed by atoms with Gasteiger partial charge in [0.05, 0.1) is 20.8 Å². The second-order valence-corrected chi connectivity index (χ2v) is 4.85. The van der Waals surface area contributed by atoms with Crippen LogP contribution in [0.4, 0.5) is 19.3 Å². The van der Waals surface area contributed by atoms with Crippen molar-refractivity contribution in [1.82, 2.24) is 5.32 Å². The van der Waals surface area contributed by atoms with Gasteiger partial charge in [-0.05, 0) is 24.3 Å². The third kappa shape index (κ3) is 4.97. The van der Waals surface area contributed by atoms with E-state index < -0.39 is 17.7 Å². The molecule has 2 N–H and O–H groups in total. The van der Waals surface area contributed by atoms with Gasteiger partial charge in [0.15, 0.2) is 23.1 Å². The third-order valence-corrected chi connectivity index (χ3v) is 3.19. The smallest absolute Gasteiger partial charge is 0.319 e. The Labute approximate surface area is 143 Å². The highest BCUT2D eigenvalue weighted by Gasteiger charge is 2.11. The van der Waals surface area contributed by atoms with Crippen LogP contribution in [0.15, 0.2) is 36.4 Å². The van der Waals surface area contributed by atoms with E-state index in [4.69, 9.17) is 14.2 Å². The summed E-state index contributed by atoms with van der Waals surface area (Å²) in [5.74, 6) is -0.553. The Hall–Kier alpha value is -3.03. The molecule has 0 aliphatic heterocycles. The van der Waals surface area contributed by atoms with Crippen LogP contribution in [0.25, 0.3) is 0 Å². The van der Waals surface area contributed by atoms with Gasteiger partial charge in [-0.1, -0.05) is 6.07 Å². The number of halogens is 2. The van der Waals surface area contributed by atoms with Crippen molar-refractivity contribution < 1.29 is 27.8 Å². The molecular weight excluding hydrogens is 334 g/mol. The second-order valence-electron chi connectivity index (χ2n) is 4.85. The summed E-state index contributed by atoms with van der Waals surface area (Å²) < 4.78 is 41.8. The minimum Gasteiger partial charge on any atom is -0.493 e. The predicted molar refractivity (Wildman–Crippen MR) is 88.4 cm³/mol. The second kappa shape index (κ2) is 8.72. The van der Waals surface area contributed by atoms with Crippen LogP contribution in [-0.4, -0.2) is 33.4 Å². The number of rotatable bonds is 7. The van der Waals surface area contributed by atoms with Crippen LogP contribution in [0.5, 0.6) is 17.2 Å². The Morgan fingerprint density at radius 2 is 1.80 bits per heavy atom. The van der Waals surface area contributed by atoms with Crippen molar-refractivity contribution in [2.45, 2.75) is 0 Å². The van der Waals surface area contributed by atoms with Gasteiger partial charge in [-0.2, -0.15) is 0 Å².